The Kier molecular flexibility index (Phi) is 7.05. The van der Waals surface area contributed by atoms with Crippen molar-refractivity contribution in [2.45, 2.75) is 39.0 Å². The first-order valence-electron chi connectivity index (χ1n) is 10.6. The van der Waals surface area contributed by atoms with Crippen molar-refractivity contribution in [3.05, 3.63) is 64.8 Å². The number of amides is 2. The number of hydrogen-bond acceptors (Lipinski definition) is 7. The zero-order chi connectivity index (χ0) is 23.4. The first-order chi connectivity index (χ1) is 15.9. The Morgan fingerprint density at radius 2 is 2.03 bits per heavy atom. The fraction of sp³-hybridized carbons (Fsp3) is 0.348. The summed E-state index contributed by atoms with van der Waals surface area (Å²) in [5.74, 6) is -0.791. The van der Waals surface area contributed by atoms with Crippen molar-refractivity contribution >= 4 is 34.0 Å². The van der Waals surface area contributed by atoms with Gasteiger partial charge in [0.2, 0.25) is 5.91 Å². The topological polar surface area (TPSA) is 96.7 Å². The van der Waals surface area contributed by atoms with Crippen LogP contribution in [-0.2, 0) is 22.5 Å². The lowest BCUT2D eigenvalue weighted by Crippen LogP contribution is -2.45. The fourth-order valence-electron chi connectivity index (χ4n) is 3.73. The van der Waals surface area contributed by atoms with Crippen molar-refractivity contribution < 1.29 is 23.1 Å². The summed E-state index contributed by atoms with van der Waals surface area (Å²) in [4.78, 5) is 30.5. The van der Waals surface area contributed by atoms with E-state index in [9.17, 15) is 14.0 Å². The van der Waals surface area contributed by atoms with Gasteiger partial charge in [-0.05, 0) is 43.7 Å². The molecule has 0 radical (unpaired) electrons. The molecule has 1 saturated heterocycles. The predicted octanol–water partition coefficient (Wildman–Crippen LogP) is 3.60. The van der Waals surface area contributed by atoms with Gasteiger partial charge in [-0.1, -0.05) is 6.07 Å². The molecule has 2 atom stereocenters. The maximum absolute atomic E-state index is 14.7. The molecule has 2 N–H and O–H groups in total. The maximum atomic E-state index is 14.7. The van der Waals surface area contributed by atoms with Crippen molar-refractivity contribution in [2.24, 2.45) is 0 Å². The average Bonchev–Trinajstić information content (AvgIpc) is 3.44. The Bertz CT molecular complexity index is 1110. The van der Waals surface area contributed by atoms with Gasteiger partial charge in [0.05, 0.1) is 36.3 Å². The summed E-state index contributed by atoms with van der Waals surface area (Å²) in [7, 11) is 0. The van der Waals surface area contributed by atoms with E-state index >= 15 is 0 Å². The van der Waals surface area contributed by atoms with Crippen LogP contribution in [0.25, 0.3) is 0 Å². The van der Waals surface area contributed by atoms with E-state index in [1.165, 1.54) is 23.7 Å². The third kappa shape index (κ3) is 5.96. The smallest absolute Gasteiger partial charge is 0.293 e. The summed E-state index contributed by atoms with van der Waals surface area (Å²) in [5, 5.41) is 7.50. The molecule has 4 rings (SSSR count). The number of hydrogen-bond donors (Lipinski definition) is 2. The molecular formula is C23H25FN4O4S. The number of nitrogens with zero attached hydrogens (tertiary/aromatic N) is 2. The number of carbonyl (C=O) groups excluding carboxylic acids is 2. The van der Waals surface area contributed by atoms with E-state index in [4.69, 9.17) is 9.15 Å². The average molecular weight is 473 g/mol. The zero-order valence-electron chi connectivity index (χ0n) is 18.3. The number of nitrogens with one attached hydrogen (secondary N) is 2. The van der Waals surface area contributed by atoms with Crippen LogP contribution in [0.15, 0.2) is 46.4 Å². The lowest BCUT2D eigenvalue weighted by atomic mass is 10.1. The number of furan rings is 1. The minimum Gasteiger partial charge on any atom is -0.459 e. The minimum absolute atomic E-state index is 0.0387. The first-order valence-corrected chi connectivity index (χ1v) is 11.5. The monoisotopic (exact) mass is 472 g/mol. The normalized spacial score (nSPS) is 18.2. The summed E-state index contributed by atoms with van der Waals surface area (Å²) in [5.41, 5.74) is 1.74. The molecule has 10 heteroatoms. The van der Waals surface area contributed by atoms with Gasteiger partial charge in [0.15, 0.2) is 10.9 Å². The highest BCUT2D eigenvalue weighted by Crippen LogP contribution is 2.24. The fourth-order valence-corrected chi connectivity index (χ4v) is 4.44. The number of morpholine rings is 1. The van der Waals surface area contributed by atoms with Gasteiger partial charge in [-0.15, -0.1) is 11.3 Å². The van der Waals surface area contributed by atoms with Gasteiger partial charge < -0.3 is 19.4 Å². The highest BCUT2D eigenvalue weighted by Gasteiger charge is 2.24. The molecule has 1 fully saturated rings. The van der Waals surface area contributed by atoms with Crippen LogP contribution in [0.3, 0.4) is 0 Å². The summed E-state index contributed by atoms with van der Waals surface area (Å²) in [6.45, 7) is 5.42. The number of anilines is 2. The van der Waals surface area contributed by atoms with Crippen molar-refractivity contribution in [2.75, 3.05) is 23.3 Å². The van der Waals surface area contributed by atoms with E-state index in [2.05, 4.69) is 15.6 Å². The lowest BCUT2D eigenvalue weighted by molar-refractivity contribution is -0.120. The quantitative estimate of drug-likeness (QED) is 0.546. The predicted molar refractivity (Wildman–Crippen MR) is 123 cm³/mol. The van der Waals surface area contributed by atoms with Gasteiger partial charge in [-0.3, -0.25) is 14.9 Å². The second kappa shape index (κ2) is 10.1. The number of carbonyl (C=O) groups is 2. The molecule has 0 saturated carbocycles. The molecule has 174 valence electrons. The van der Waals surface area contributed by atoms with Crippen LogP contribution in [0.2, 0.25) is 0 Å². The summed E-state index contributed by atoms with van der Waals surface area (Å²) < 4.78 is 25.5. The Balaban J connectivity index is 1.28. The van der Waals surface area contributed by atoms with E-state index in [0.29, 0.717) is 35.2 Å². The molecular weight excluding hydrogens is 447 g/mol. The molecule has 8 nitrogen and oxygen atoms in total. The van der Waals surface area contributed by atoms with Gasteiger partial charge in [0.1, 0.15) is 5.82 Å². The van der Waals surface area contributed by atoms with E-state index < -0.39 is 5.91 Å². The highest BCUT2D eigenvalue weighted by molar-refractivity contribution is 7.14. The standard InChI is InChI=1S/C23H25FN4O4S/c1-14-11-28(12-15(2)32-14)19-6-5-16(8-18(19)24)10-25-21(29)9-17-13-33-23(26-17)27-22(30)20-4-3-7-31-20/h3-8,13-15H,9-12H2,1-2H3,(H,25,29)(H,26,27,30). The summed E-state index contributed by atoms with van der Waals surface area (Å²) >= 11 is 1.22. The second-order valence-corrected chi connectivity index (χ2v) is 8.84. The van der Waals surface area contributed by atoms with Gasteiger partial charge in [-0.2, -0.15) is 0 Å². The SMILES string of the molecule is CC1CN(c2ccc(CNC(=O)Cc3csc(NC(=O)c4ccco4)n3)cc2F)CC(C)O1. The van der Waals surface area contributed by atoms with E-state index in [-0.39, 0.29) is 42.7 Å². The molecule has 0 bridgehead atoms. The van der Waals surface area contributed by atoms with Gasteiger partial charge in [0.25, 0.3) is 5.91 Å². The highest BCUT2D eigenvalue weighted by atomic mass is 32.1. The maximum Gasteiger partial charge on any atom is 0.293 e. The molecule has 0 spiro atoms. The van der Waals surface area contributed by atoms with Crippen LogP contribution in [0, 0.1) is 5.82 Å². The summed E-state index contributed by atoms with van der Waals surface area (Å²) in [6.07, 6.45) is 1.54. The minimum atomic E-state index is -0.406. The Hall–Kier alpha value is -3.24. The molecule has 2 amide bonds. The molecule has 3 aromatic rings. The van der Waals surface area contributed by atoms with Gasteiger partial charge >= 0.3 is 0 Å². The van der Waals surface area contributed by atoms with Crippen molar-refractivity contribution in [1.82, 2.24) is 10.3 Å². The van der Waals surface area contributed by atoms with E-state index in [1.807, 2.05) is 24.8 Å². The van der Waals surface area contributed by atoms with Crippen LogP contribution in [0.4, 0.5) is 15.2 Å². The molecule has 0 aliphatic carbocycles. The van der Waals surface area contributed by atoms with Crippen LogP contribution >= 0.6 is 11.3 Å². The third-order valence-corrected chi connectivity index (χ3v) is 5.93. The van der Waals surface area contributed by atoms with Crippen molar-refractivity contribution in [3.63, 3.8) is 0 Å². The number of thiazole rings is 1. The molecule has 33 heavy (non-hydrogen) atoms. The molecule has 1 aromatic carbocycles. The third-order valence-electron chi connectivity index (χ3n) is 5.12. The van der Waals surface area contributed by atoms with Gasteiger partial charge in [-0.25, -0.2) is 9.37 Å². The van der Waals surface area contributed by atoms with Crippen molar-refractivity contribution in [1.29, 1.82) is 0 Å². The Labute approximate surface area is 194 Å². The number of ether oxygens (including phenoxy) is 1. The van der Waals surface area contributed by atoms with Crippen LogP contribution in [0.1, 0.15) is 35.7 Å². The lowest BCUT2D eigenvalue weighted by Gasteiger charge is -2.37. The molecule has 1 aliphatic rings. The van der Waals surface area contributed by atoms with Crippen molar-refractivity contribution in [3.8, 4) is 0 Å². The molecule has 2 aromatic heterocycles. The van der Waals surface area contributed by atoms with Gasteiger partial charge in [0, 0.05) is 25.0 Å². The number of aromatic nitrogens is 1. The Morgan fingerprint density at radius 3 is 2.73 bits per heavy atom. The molecule has 1 aliphatic heterocycles. The van der Waals surface area contributed by atoms with Crippen LogP contribution in [0.5, 0.6) is 0 Å². The largest absolute Gasteiger partial charge is 0.459 e. The number of rotatable bonds is 7. The number of benzene rings is 1. The summed E-state index contributed by atoms with van der Waals surface area (Å²) in [6, 6.07) is 8.18. The molecule has 2 unspecified atom stereocenters. The Morgan fingerprint density at radius 1 is 1.24 bits per heavy atom. The van der Waals surface area contributed by atoms with Crippen LogP contribution in [-0.4, -0.2) is 42.1 Å². The second-order valence-electron chi connectivity index (χ2n) is 7.98. The zero-order valence-corrected chi connectivity index (χ0v) is 19.2. The van der Waals surface area contributed by atoms with E-state index in [0.717, 1.165) is 0 Å². The van der Waals surface area contributed by atoms with Crippen LogP contribution < -0.4 is 15.5 Å². The van der Waals surface area contributed by atoms with E-state index in [1.54, 1.807) is 23.6 Å². The first kappa shape index (κ1) is 22.9. The number of halogens is 1. The molecule has 3 heterocycles.